The second-order valence-corrected chi connectivity index (χ2v) is 3.42. The second kappa shape index (κ2) is 10.7. The van der Waals surface area contributed by atoms with Gasteiger partial charge in [0.2, 0.25) is 0 Å². The Hall–Kier alpha value is -0.260. The summed E-state index contributed by atoms with van der Waals surface area (Å²) in [6.07, 6.45) is 6.22. The van der Waals surface area contributed by atoms with Gasteiger partial charge in [0.25, 0.3) is 0 Å². The van der Waals surface area contributed by atoms with Gasteiger partial charge in [-0.3, -0.25) is 0 Å². The van der Waals surface area contributed by atoms with Crippen LogP contribution in [-0.2, 0) is 0 Å². The number of hydrogen-bond donors (Lipinski definition) is 0. The zero-order valence-corrected chi connectivity index (χ0v) is 7.78. The van der Waals surface area contributed by atoms with Crippen LogP contribution in [0.3, 0.4) is 0 Å². The number of allylic oxidation sites excluding steroid dienone is 2. The highest BCUT2D eigenvalue weighted by molar-refractivity contribution is 4.94. The quantitative estimate of drug-likeness (QED) is 0.520. The lowest BCUT2D eigenvalue weighted by atomic mass is 10.0. The zero-order chi connectivity index (χ0) is 7.98. The Morgan fingerprint density at radius 1 is 1.25 bits per heavy atom. The van der Waals surface area contributed by atoms with E-state index in [1.807, 2.05) is 0 Å². The predicted octanol–water partition coefficient (Wildman–Crippen LogP) is 5.05. The fraction of sp³-hybridized carbons (Fsp3) is 0.833. The van der Waals surface area contributed by atoms with Gasteiger partial charge in [-0.15, -0.1) is 0 Å². The molecule has 0 heteroatoms. The molecule has 12 heavy (non-hydrogen) atoms. The van der Waals surface area contributed by atoms with Gasteiger partial charge in [0.05, 0.1) is 0 Å². The molecule has 0 fully saturated rings. The molecule has 0 nitrogen and oxygen atoms in total. The van der Waals surface area contributed by atoms with E-state index in [1.54, 1.807) is 0 Å². The van der Waals surface area contributed by atoms with Gasteiger partial charge >= 0.3 is 0 Å². The van der Waals surface area contributed by atoms with Crippen molar-refractivity contribution in [2.45, 2.75) is 61.8 Å². The Balaban J connectivity index is -0.000000405. The maximum absolute atomic E-state index is 2.28. The van der Waals surface area contributed by atoms with E-state index < -0.39 is 0 Å². The molecule has 0 saturated carbocycles. The molecule has 0 N–H and O–H groups in total. The Kier molecular flexibility index (Phi) is 15.9. The first kappa shape index (κ1) is 17.7. The van der Waals surface area contributed by atoms with Crippen LogP contribution < -0.4 is 0 Å². The van der Waals surface area contributed by atoms with E-state index in [0.717, 1.165) is 5.92 Å². The van der Waals surface area contributed by atoms with E-state index in [2.05, 4.69) is 33.8 Å². The van der Waals surface area contributed by atoms with Gasteiger partial charge in [-0.05, 0) is 32.6 Å². The van der Waals surface area contributed by atoms with Crippen molar-refractivity contribution in [1.29, 1.82) is 0 Å². The average molecular weight is 172 g/mol. The highest BCUT2D eigenvalue weighted by Gasteiger charge is 1.93. The van der Waals surface area contributed by atoms with Crippen molar-refractivity contribution in [2.75, 3.05) is 0 Å². The molecule has 0 unspecified atom stereocenters. The molecule has 0 bridgehead atoms. The second-order valence-electron chi connectivity index (χ2n) is 3.42. The van der Waals surface area contributed by atoms with E-state index in [0.29, 0.717) is 0 Å². The number of rotatable bonds is 4. The molecule has 0 aliphatic carbocycles. The van der Waals surface area contributed by atoms with Gasteiger partial charge < -0.3 is 0 Å². The molecule has 0 aromatic carbocycles. The molecule has 0 aliphatic rings. The molecule has 0 aromatic rings. The van der Waals surface area contributed by atoms with Crippen LogP contribution in [0.1, 0.15) is 61.8 Å². The molecule has 0 spiro atoms. The van der Waals surface area contributed by atoms with Gasteiger partial charge in [0.15, 0.2) is 0 Å². The minimum atomic E-state index is 0. The molecule has 0 heterocycles. The summed E-state index contributed by atoms with van der Waals surface area (Å²) in [6, 6.07) is 0. The maximum Gasteiger partial charge on any atom is -0.0323 e. The van der Waals surface area contributed by atoms with E-state index in [9.17, 15) is 0 Å². The Morgan fingerprint density at radius 3 is 2.08 bits per heavy atom. The Labute approximate surface area is 80.1 Å². The van der Waals surface area contributed by atoms with Gasteiger partial charge in [0.1, 0.15) is 0 Å². The van der Waals surface area contributed by atoms with E-state index in [4.69, 9.17) is 0 Å². The molecular weight excluding hydrogens is 144 g/mol. The maximum atomic E-state index is 2.28. The minimum absolute atomic E-state index is 0. The van der Waals surface area contributed by atoms with Crippen molar-refractivity contribution in [3.05, 3.63) is 11.6 Å². The molecule has 0 saturated heterocycles. The zero-order valence-electron chi connectivity index (χ0n) is 7.78. The molecule has 0 rings (SSSR count). The highest BCUT2D eigenvalue weighted by Crippen LogP contribution is 2.10. The molecule has 0 aliphatic heterocycles. The normalized spacial score (nSPS) is 10.6. The fourth-order valence-electron chi connectivity index (χ4n) is 0.933. The summed E-state index contributed by atoms with van der Waals surface area (Å²) in [4.78, 5) is 0. The Morgan fingerprint density at radius 2 is 1.75 bits per heavy atom. The first-order valence-corrected chi connectivity index (χ1v) is 4.28. The molecule has 0 aromatic heterocycles. The summed E-state index contributed by atoms with van der Waals surface area (Å²) >= 11 is 0. The van der Waals surface area contributed by atoms with Crippen molar-refractivity contribution < 1.29 is 0 Å². The van der Waals surface area contributed by atoms with E-state index in [1.165, 1.54) is 24.8 Å². The summed E-state index contributed by atoms with van der Waals surface area (Å²) < 4.78 is 0. The lowest BCUT2D eigenvalue weighted by molar-refractivity contribution is 0.554. The van der Waals surface area contributed by atoms with Crippen LogP contribution in [0.15, 0.2) is 11.6 Å². The molecule has 0 radical (unpaired) electrons. The summed E-state index contributed by atoms with van der Waals surface area (Å²) in [5, 5.41) is 0. The topological polar surface area (TPSA) is 0 Å². The van der Waals surface area contributed by atoms with E-state index in [-0.39, 0.29) is 14.9 Å². The van der Waals surface area contributed by atoms with Gasteiger partial charge in [-0.25, -0.2) is 0 Å². The lowest BCUT2D eigenvalue weighted by Gasteiger charge is -2.03. The van der Waals surface area contributed by atoms with Gasteiger partial charge in [-0.2, -0.15) is 0 Å². The summed E-state index contributed by atoms with van der Waals surface area (Å²) in [6.45, 7) is 8.89. The van der Waals surface area contributed by atoms with Crippen LogP contribution in [0.2, 0.25) is 0 Å². The van der Waals surface area contributed by atoms with Crippen LogP contribution in [-0.4, -0.2) is 0 Å². The smallest absolute Gasteiger partial charge is 0.0323 e. The summed E-state index contributed by atoms with van der Waals surface area (Å²) in [7, 11) is 0. The summed E-state index contributed by atoms with van der Waals surface area (Å²) in [5.41, 5.74) is 1.53. The third-order valence-electron chi connectivity index (χ3n) is 1.85. The predicted molar refractivity (Wildman–Crippen MR) is 61.6 cm³/mol. The molecule has 0 amide bonds. The van der Waals surface area contributed by atoms with Crippen molar-refractivity contribution in [1.82, 2.24) is 0 Å². The van der Waals surface area contributed by atoms with Crippen LogP contribution in [0.4, 0.5) is 0 Å². The van der Waals surface area contributed by atoms with Crippen molar-refractivity contribution >= 4 is 0 Å². The first-order valence-electron chi connectivity index (χ1n) is 4.28. The third kappa shape index (κ3) is 12.4. The van der Waals surface area contributed by atoms with E-state index >= 15 is 0 Å². The van der Waals surface area contributed by atoms with Crippen LogP contribution in [0.25, 0.3) is 0 Å². The fourth-order valence-corrected chi connectivity index (χ4v) is 0.933. The highest BCUT2D eigenvalue weighted by atomic mass is 14.0. The van der Waals surface area contributed by atoms with Crippen LogP contribution in [0, 0.1) is 5.92 Å². The van der Waals surface area contributed by atoms with Crippen molar-refractivity contribution in [2.24, 2.45) is 5.92 Å². The van der Waals surface area contributed by atoms with Gasteiger partial charge in [-0.1, -0.05) is 46.8 Å². The monoisotopic (exact) mass is 172 g/mol. The average Bonchev–Trinajstić information content (AvgIpc) is 1.87. The first-order chi connectivity index (χ1) is 4.66. The van der Waals surface area contributed by atoms with Crippen LogP contribution in [0.5, 0.6) is 0 Å². The number of hydrogen-bond acceptors (Lipinski definition) is 0. The molecular formula is C12H28. The standard InChI is InChI=1S/C10H20.2CH4/c1-5-10(4)8-6-7-9(2)3;;/h5,9H,6-8H2,1-4H3;2*1H4. The molecule has 0 atom stereocenters. The SMILES string of the molecule is C.C.CC=C(C)CCCC(C)C. The third-order valence-corrected chi connectivity index (χ3v) is 1.85. The Bertz CT molecular complexity index is 98.6. The largest absolute Gasteiger partial charge is 0.0887 e. The summed E-state index contributed by atoms with van der Waals surface area (Å²) in [5.74, 6) is 0.865. The van der Waals surface area contributed by atoms with Crippen LogP contribution >= 0.6 is 0 Å². The van der Waals surface area contributed by atoms with Gasteiger partial charge in [0, 0.05) is 0 Å². The van der Waals surface area contributed by atoms with Crippen molar-refractivity contribution in [3.8, 4) is 0 Å². The lowest BCUT2D eigenvalue weighted by Crippen LogP contribution is -1.87. The van der Waals surface area contributed by atoms with Crippen molar-refractivity contribution in [3.63, 3.8) is 0 Å². The molecule has 76 valence electrons. The minimum Gasteiger partial charge on any atom is -0.0887 e.